The lowest BCUT2D eigenvalue weighted by Crippen LogP contribution is -2.23. The van der Waals surface area contributed by atoms with E-state index in [2.05, 4.69) is 14.9 Å². The Balaban J connectivity index is 1.94. The number of ether oxygens (including phenoxy) is 2. The van der Waals surface area contributed by atoms with Crippen LogP contribution in [-0.4, -0.2) is 32.8 Å². The van der Waals surface area contributed by atoms with E-state index >= 15 is 0 Å². The van der Waals surface area contributed by atoms with Gasteiger partial charge in [-0.25, -0.2) is 13.1 Å². The summed E-state index contributed by atoms with van der Waals surface area (Å²) in [7, 11) is -0.592. The van der Waals surface area contributed by atoms with E-state index in [0.717, 1.165) is 5.01 Å². The van der Waals surface area contributed by atoms with Crippen LogP contribution < -0.4 is 14.2 Å². The molecular formula is C18H19N3O4S2. The second-order valence-electron chi connectivity index (χ2n) is 5.60. The van der Waals surface area contributed by atoms with Gasteiger partial charge in [0.2, 0.25) is 10.0 Å². The van der Waals surface area contributed by atoms with E-state index < -0.39 is 10.0 Å². The molecule has 0 spiro atoms. The van der Waals surface area contributed by atoms with Crippen LogP contribution in [0.1, 0.15) is 10.0 Å². The Morgan fingerprint density at radius 3 is 2.30 bits per heavy atom. The van der Waals surface area contributed by atoms with Crippen LogP contribution in [0.2, 0.25) is 0 Å². The van der Waals surface area contributed by atoms with Crippen molar-refractivity contribution in [3.8, 4) is 22.6 Å². The third-order valence-electron chi connectivity index (χ3n) is 3.84. The first kappa shape index (κ1) is 19.3. The third kappa shape index (κ3) is 4.26. The zero-order chi connectivity index (χ0) is 19.4. The minimum atomic E-state index is -3.71. The monoisotopic (exact) mass is 405 g/mol. The van der Waals surface area contributed by atoms with Gasteiger partial charge in [0, 0.05) is 0 Å². The predicted molar refractivity (Wildman–Crippen MR) is 104 cm³/mol. The van der Waals surface area contributed by atoms with Crippen LogP contribution in [0.25, 0.3) is 11.1 Å². The van der Waals surface area contributed by atoms with Crippen LogP contribution in [0.3, 0.4) is 0 Å². The van der Waals surface area contributed by atoms with E-state index in [9.17, 15) is 8.42 Å². The molecule has 0 amide bonds. The number of aromatic nitrogens is 2. The smallest absolute Gasteiger partial charge is 0.240 e. The van der Waals surface area contributed by atoms with Crippen LogP contribution in [0.4, 0.5) is 0 Å². The third-order valence-corrected chi connectivity index (χ3v) is 6.08. The summed E-state index contributed by atoms with van der Waals surface area (Å²) in [6.07, 6.45) is 0. The predicted octanol–water partition coefficient (Wildman–Crippen LogP) is 3.01. The van der Waals surface area contributed by atoms with Crippen molar-refractivity contribution in [1.29, 1.82) is 0 Å². The van der Waals surface area contributed by atoms with Crippen molar-refractivity contribution in [3.05, 3.63) is 52.5 Å². The molecule has 27 heavy (non-hydrogen) atoms. The second kappa shape index (κ2) is 8.03. The van der Waals surface area contributed by atoms with Crippen molar-refractivity contribution in [1.82, 2.24) is 14.9 Å². The molecule has 0 atom stereocenters. The van der Waals surface area contributed by atoms with E-state index in [1.807, 2.05) is 19.1 Å². The van der Waals surface area contributed by atoms with Gasteiger partial charge < -0.3 is 9.47 Å². The first-order chi connectivity index (χ1) is 12.9. The first-order valence-electron chi connectivity index (χ1n) is 8.04. The summed E-state index contributed by atoms with van der Waals surface area (Å²) in [4.78, 5) is 0.147. The van der Waals surface area contributed by atoms with Gasteiger partial charge in [0.25, 0.3) is 0 Å². The summed E-state index contributed by atoms with van der Waals surface area (Å²) in [6, 6.07) is 12.0. The highest BCUT2D eigenvalue weighted by atomic mass is 32.2. The highest BCUT2D eigenvalue weighted by Crippen LogP contribution is 2.38. The Bertz CT molecular complexity index is 1030. The maximum atomic E-state index is 12.7. The molecule has 7 nitrogen and oxygen atoms in total. The van der Waals surface area contributed by atoms with Gasteiger partial charge in [-0.15, -0.1) is 21.5 Å². The molecule has 0 aliphatic carbocycles. The minimum absolute atomic E-state index is 0.0933. The number of benzene rings is 2. The van der Waals surface area contributed by atoms with E-state index in [1.165, 1.54) is 11.3 Å². The normalized spacial score (nSPS) is 11.4. The molecule has 1 aromatic heterocycles. The Morgan fingerprint density at radius 1 is 1.04 bits per heavy atom. The molecule has 0 aliphatic rings. The Kier molecular flexibility index (Phi) is 5.73. The maximum Gasteiger partial charge on any atom is 0.240 e. The molecule has 142 valence electrons. The summed E-state index contributed by atoms with van der Waals surface area (Å²) < 4.78 is 38.8. The van der Waals surface area contributed by atoms with Crippen molar-refractivity contribution in [2.45, 2.75) is 18.4 Å². The average Bonchev–Trinajstić information content (AvgIpc) is 3.11. The quantitative estimate of drug-likeness (QED) is 0.650. The minimum Gasteiger partial charge on any atom is -0.496 e. The highest BCUT2D eigenvalue weighted by molar-refractivity contribution is 7.89. The fraction of sp³-hybridized carbons (Fsp3) is 0.222. The largest absolute Gasteiger partial charge is 0.496 e. The second-order valence-corrected chi connectivity index (χ2v) is 8.64. The van der Waals surface area contributed by atoms with Gasteiger partial charge in [0.1, 0.15) is 21.5 Å². The van der Waals surface area contributed by atoms with E-state index in [1.54, 1.807) is 44.6 Å². The fourth-order valence-corrected chi connectivity index (χ4v) is 4.38. The summed E-state index contributed by atoms with van der Waals surface area (Å²) in [5.74, 6) is 1.20. The van der Waals surface area contributed by atoms with Crippen LogP contribution in [0, 0.1) is 6.92 Å². The molecule has 0 saturated heterocycles. The van der Waals surface area contributed by atoms with Crippen molar-refractivity contribution in [2.24, 2.45) is 0 Å². The van der Waals surface area contributed by atoms with Gasteiger partial charge in [-0.05, 0) is 36.8 Å². The molecule has 3 rings (SSSR count). The molecule has 3 aromatic rings. The SMILES string of the molecule is COc1cccc(OC)c1-c1cccc(S(=O)(=O)NCc2nnc(C)s2)c1. The average molecular weight is 406 g/mol. The van der Waals surface area contributed by atoms with Gasteiger partial charge in [-0.3, -0.25) is 0 Å². The number of hydrogen-bond donors (Lipinski definition) is 1. The highest BCUT2D eigenvalue weighted by Gasteiger charge is 2.18. The lowest BCUT2D eigenvalue weighted by molar-refractivity contribution is 0.397. The number of hydrogen-bond acceptors (Lipinski definition) is 7. The summed E-state index contributed by atoms with van der Waals surface area (Å²) in [5, 5.41) is 9.22. The standard InChI is InChI=1S/C18H19N3O4S2/c1-12-20-21-17(26-12)11-19-27(22,23)14-7-4-6-13(10-14)18-15(24-2)8-5-9-16(18)25-3/h4-10,19H,11H2,1-3H3. The van der Waals surface area contributed by atoms with E-state index in [0.29, 0.717) is 27.6 Å². The molecular weight excluding hydrogens is 386 g/mol. The van der Waals surface area contributed by atoms with E-state index in [-0.39, 0.29) is 11.4 Å². The first-order valence-corrected chi connectivity index (χ1v) is 10.3. The topological polar surface area (TPSA) is 90.4 Å². The molecule has 0 saturated carbocycles. The summed E-state index contributed by atoms with van der Waals surface area (Å²) in [5.41, 5.74) is 1.37. The number of nitrogens with zero attached hydrogens (tertiary/aromatic N) is 2. The zero-order valence-corrected chi connectivity index (χ0v) is 16.7. The van der Waals surface area contributed by atoms with Crippen LogP contribution in [-0.2, 0) is 16.6 Å². The summed E-state index contributed by atoms with van der Waals surface area (Å²) >= 11 is 1.35. The Labute approximate surface area is 162 Å². The van der Waals surface area contributed by atoms with Gasteiger partial charge in [-0.2, -0.15) is 0 Å². The Hall–Kier alpha value is -2.49. The maximum absolute atomic E-state index is 12.7. The van der Waals surface area contributed by atoms with Crippen molar-refractivity contribution in [2.75, 3.05) is 14.2 Å². The van der Waals surface area contributed by atoms with E-state index in [4.69, 9.17) is 9.47 Å². The molecule has 2 aromatic carbocycles. The van der Waals surface area contributed by atoms with Crippen LogP contribution >= 0.6 is 11.3 Å². The summed E-state index contributed by atoms with van der Waals surface area (Å²) in [6.45, 7) is 1.91. The molecule has 0 aliphatic heterocycles. The molecule has 1 N–H and O–H groups in total. The van der Waals surface area contributed by atoms with Crippen molar-refractivity contribution >= 4 is 21.4 Å². The number of nitrogens with one attached hydrogen (secondary N) is 1. The van der Waals surface area contributed by atoms with Gasteiger partial charge in [0.05, 0.1) is 31.2 Å². The van der Waals surface area contributed by atoms with Crippen LogP contribution in [0.5, 0.6) is 11.5 Å². The van der Waals surface area contributed by atoms with Crippen LogP contribution in [0.15, 0.2) is 47.4 Å². The molecule has 0 unspecified atom stereocenters. The molecule has 0 radical (unpaired) electrons. The number of aryl methyl sites for hydroxylation is 1. The molecule has 1 heterocycles. The van der Waals surface area contributed by atoms with Gasteiger partial charge in [-0.1, -0.05) is 18.2 Å². The number of methoxy groups -OCH3 is 2. The molecule has 0 fully saturated rings. The lowest BCUT2D eigenvalue weighted by Gasteiger charge is -2.14. The van der Waals surface area contributed by atoms with Gasteiger partial charge in [0.15, 0.2) is 0 Å². The molecule has 9 heteroatoms. The van der Waals surface area contributed by atoms with Crippen molar-refractivity contribution < 1.29 is 17.9 Å². The lowest BCUT2D eigenvalue weighted by atomic mass is 10.0. The Morgan fingerprint density at radius 2 is 1.70 bits per heavy atom. The number of sulfonamides is 1. The van der Waals surface area contributed by atoms with Gasteiger partial charge >= 0.3 is 0 Å². The number of rotatable bonds is 7. The molecule has 0 bridgehead atoms. The fourth-order valence-electron chi connectivity index (χ4n) is 2.60. The zero-order valence-electron chi connectivity index (χ0n) is 15.1. The van der Waals surface area contributed by atoms with Crippen molar-refractivity contribution in [3.63, 3.8) is 0 Å².